The molecule has 0 fully saturated rings. The Bertz CT molecular complexity index is 632. The van der Waals surface area contributed by atoms with E-state index in [9.17, 15) is 4.79 Å². The maximum Gasteiger partial charge on any atom is 0.356 e. The van der Waals surface area contributed by atoms with Crippen LogP contribution < -0.4 is 5.32 Å². The maximum atomic E-state index is 10.6. The Morgan fingerprint density at radius 2 is 1.74 bits per heavy atom. The lowest BCUT2D eigenvalue weighted by Gasteiger charge is -2.08. The third kappa shape index (κ3) is 3.26. The van der Waals surface area contributed by atoms with E-state index in [1.165, 1.54) is 18.2 Å². The summed E-state index contributed by atoms with van der Waals surface area (Å²) in [5.41, 5.74) is 0.347. The van der Waals surface area contributed by atoms with Crippen molar-refractivity contribution in [1.29, 1.82) is 0 Å². The Hall–Kier alpha value is -1.56. The molecule has 0 amide bonds. The Morgan fingerprint density at radius 1 is 1.05 bits per heavy atom. The van der Waals surface area contributed by atoms with Gasteiger partial charge in [-0.25, -0.2) is 4.79 Å². The Morgan fingerprint density at radius 3 is 2.32 bits per heavy atom. The molecule has 2 N–H and O–H groups in total. The first-order chi connectivity index (χ1) is 8.97. The lowest BCUT2D eigenvalue weighted by atomic mass is 10.3. The fourth-order valence-corrected chi connectivity index (χ4v) is 1.86. The van der Waals surface area contributed by atoms with Gasteiger partial charge in [-0.3, -0.25) is 0 Å². The molecule has 19 heavy (non-hydrogen) atoms. The molecule has 5 nitrogen and oxygen atoms in total. The lowest BCUT2D eigenvalue weighted by Crippen LogP contribution is -2.03. The molecule has 0 aliphatic carbocycles. The molecule has 2 rings (SSSR count). The van der Waals surface area contributed by atoms with Crippen molar-refractivity contribution in [2.75, 3.05) is 5.32 Å². The molecule has 1 aromatic heterocycles. The highest BCUT2D eigenvalue weighted by molar-refractivity contribution is 6.44. The van der Waals surface area contributed by atoms with Crippen molar-refractivity contribution in [1.82, 2.24) is 10.2 Å². The van der Waals surface area contributed by atoms with Crippen LogP contribution in [0.1, 0.15) is 10.5 Å². The van der Waals surface area contributed by atoms with Crippen molar-refractivity contribution in [3.63, 3.8) is 0 Å². The Balaban J connectivity index is 2.26. The smallest absolute Gasteiger partial charge is 0.356 e. The number of halogens is 3. The first-order valence-corrected chi connectivity index (χ1v) is 6.09. The lowest BCUT2D eigenvalue weighted by molar-refractivity contribution is 0.0689. The molecule has 1 aromatic carbocycles. The maximum absolute atomic E-state index is 10.6. The molecule has 2 aromatic rings. The molecule has 0 saturated heterocycles. The standard InChI is InChI=1S/C11H6Cl3N3O2/c12-5-3-7(14)9(4-6(5)13)15-10-2-1-8(11(18)19)16-17-10/h1-4H,(H,15,17)(H,18,19). The summed E-state index contributed by atoms with van der Waals surface area (Å²) < 4.78 is 0. The second kappa shape index (κ2) is 5.61. The summed E-state index contributed by atoms with van der Waals surface area (Å²) >= 11 is 17.7. The van der Waals surface area contributed by atoms with Gasteiger partial charge in [-0.1, -0.05) is 34.8 Å². The number of hydrogen-bond donors (Lipinski definition) is 2. The summed E-state index contributed by atoms with van der Waals surface area (Å²) in [7, 11) is 0. The van der Waals surface area contributed by atoms with Crippen molar-refractivity contribution in [2.24, 2.45) is 0 Å². The van der Waals surface area contributed by atoms with E-state index in [1.807, 2.05) is 0 Å². The number of anilines is 2. The van der Waals surface area contributed by atoms with E-state index in [0.717, 1.165) is 0 Å². The summed E-state index contributed by atoms with van der Waals surface area (Å²) in [5.74, 6) is -0.808. The van der Waals surface area contributed by atoms with Crippen LogP contribution in [-0.2, 0) is 0 Å². The van der Waals surface area contributed by atoms with Crippen LogP contribution in [0.4, 0.5) is 11.5 Å². The zero-order valence-electron chi connectivity index (χ0n) is 9.19. The van der Waals surface area contributed by atoms with Crippen LogP contribution >= 0.6 is 34.8 Å². The second-order valence-electron chi connectivity index (χ2n) is 3.48. The molecular formula is C11H6Cl3N3O2. The minimum Gasteiger partial charge on any atom is -0.476 e. The van der Waals surface area contributed by atoms with Crippen LogP contribution in [0.2, 0.25) is 15.1 Å². The van der Waals surface area contributed by atoms with Gasteiger partial charge >= 0.3 is 5.97 Å². The van der Waals surface area contributed by atoms with Crippen molar-refractivity contribution >= 4 is 52.3 Å². The van der Waals surface area contributed by atoms with Crippen LogP contribution in [0.5, 0.6) is 0 Å². The molecule has 0 saturated carbocycles. The number of rotatable bonds is 3. The molecular weight excluding hydrogens is 312 g/mol. The van der Waals surface area contributed by atoms with Gasteiger partial charge in [-0.15, -0.1) is 10.2 Å². The molecule has 0 bridgehead atoms. The van der Waals surface area contributed by atoms with Crippen LogP contribution in [0, 0.1) is 0 Å². The molecule has 0 aliphatic rings. The summed E-state index contributed by atoms with van der Waals surface area (Å²) in [5, 5.41) is 19.8. The third-order valence-electron chi connectivity index (χ3n) is 2.16. The highest BCUT2D eigenvalue weighted by Gasteiger charge is 2.08. The molecule has 0 atom stereocenters. The predicted octanol–water partition coefficient (Wildman–Crippen LogP) is 3.88. The minimum atomic E-state index is -1.15. The van der Waals surface area contributed by atoms with Crippen LogP contribution in [0.3, 0.4) is 0 Å². The Labute approximate surface area is 123 Å². The highest BCUT2D eigenvalue weighted by atomic mass is 35.5. The molecule has 8 heteroatoms. The number of carbonyl (C=O) groups is 1. The van der Waals surface area contributed by atoms with Gasteiger partial charge in [0.05, 0.1) is 20.8 Å². The summed E-state index contributed by atoms with van der Waals surface area (Å²) in [6.07, 6.45) is 0. The molecule has 98 valence electrons. The third-order valence-corrected chi connectivity index (χ3v) is 3.19. The van der Waals surface area contributed by atoms with E-state index >= 15 is 0 Å². The zero-order chi connectivity index (χ0) is 14.0. The number of benzene rings is 1. The number of nitrogens with one attached hydrogen (secondary N) is 1. The van der Waals surface area contributed by atoms with Gasteiger partial charge in [0.1, 0.15) is 0 Å². The first-order valence-electron chi connectivity index (χ1n) is 4.96. The van der Waals surface area contributed by atoms with Crippen molar-refractivity contribution in [2.45, 2.75) is 0 Å². The van der Waals surface area contributed by atoms with E-state index in [0.29, 0.717) is 26.6 Å². The van der Waals surface area contributed by atoms with Gasteiger partial charge in [0, 0.05) is 0 Å². The van der Waals surface area contributed by atoms with E-state index in [-0.39, 0.29) is 5.69 Å². The summed E-state index contributed by atoms with van der Waals surface area (Å²) in [6.45, 7) is 0. The quantitative estimate of drug-likeness (QED) is 0.840. The average Bonchev–Trinajstić information content (AvgIpc) is 2.36. The largest absolute Gasteiger partial charge is 0.476 e. The fraction of sp³-hybridized carbons (Fsp3) is 0. The molecule has 0 aliphatic heterocycles. The van der Waals surface area contributed by atoms with E-state index in [2.05, 4.69) is 15.5 Å². The topological polar surface area (TPSA) is 75.1 Å². The van der Waals surface area contributed by atoms with Crippen LogP contribution in [-0.4, -0.2) is 21.3 Å². The van der Waals surface area contributed by atoms with Gasteiger partial charge in [0.15, 0.2) is 11.5 Å². The van der Waals surface area contributed by atoms with Crippen LogP contribution in [0.25, 0.3) is 0 Å². The number of aromatic carboxylic acids is 1. The number of carboxylic acids is 1. The summed E-state index contributed by atoms with van der Waals surface area (Å²) in [4.78, 5) is 10.6. The number of carboxylic acid groups (broad SMARTS) is 1. The molecule has 0 spiro atoms. The normalized spacial score (nSPS) is 10.3. The van der Waals surface area contributed by atoms with Gasteiger partial charge in [0.25, 0.3) is 0 Å². The van der Waals surface area contributed by atoms with Gasteiger partial charge in [0.2, 0.25) is 0 Å². The van der Waals surface area contributed by atoms with E-state index < -0.39 is 5.97 Å². The second-order valence-corrected chi connectivity index (χ2v) is 4.70. The van der Waals surface area contributed by atoms with E-state index in [4.69, 9.17) is 39.9 Å². The SMILES string of the molecule is O=C(O)c1ccc(Nc2cc(Cl)c(Cl)cc2Cl)nn1. The van der Waals surface area contributed by atoms with Gasteiger partial charge < -0.3 is 10.4 Å². The number of aromatic nitrogens is 2. The van der Waals surface area contributed by atoms with Crippen LogP contribution in [0.15, 0.2) is 24.3 Å². The van der Waals surface area contributed by atoms with Crippen molar-refractivity contribution in [3.05, 3.63) is 45.0 Å². The minimum absolute atomic E-state index is 0.147. The Kier molecular flexibility index (Phi) is 4.09. The highest BCUT2D eigenvalue weighted by Crippen LogP contribution is 2.33. The molecule has 0 unspecified atom stereocenters. The monoisotopic (exact) mass is 317 g/mol. The number of hydrogen-bond acceptors (Lipinski definition) is 4. The number of nitrogens with zero attached hydrogens (tertiary/aromatic N) is 2. The zero-order valence-corrected chi connectivity index (χ0v) is 11.5. The molecule has 1 heterocycles. The van der Waals surface area contributed by atoms with Gasteiger partial charge in [-0.05, 0) is 24.3 Å². The fourth-order valence-electron chi connectivity index (χ4n) is 1.27. The average molecular weight is 319 g/mol. The van der Waals surface area contributed by atoms with Crippen molar-refractivity contribution < 1.29 is 9.90 Å². The first kappa shape index (κ1) is 13.9. The van der Waals surface area contributed by atoms with Crippen molar-refractivity contribution in [3.8, 4) is 0 Å². The predicted molar refractivity (Wildman–Crippen MR) is 73.7 cm³/mol. The summed E-state index contributed by atoms with van der Waals surface area (Å²) in [6, 6.07) is 5.82. The van der Waals surface area contributed by atoms with E-state index in [1.54, 1.807) is 6.07 Å². The molecule has 0 radical (unpaired) electrons. The van der Waals surface area contributed by atoms with Gasteiger partial charge in [-0.2, -0.15) is 0 Å².